The lowest BCUT2D eigenvalue weighted by molar-refractivity contribution is 0.474. The zero-order chi connectivity index (χ0) is 24.5. The van der Waals surface area contributed by atoms with E-state index in [-0.39, 0.29) is 11.7 Å². The summed E-state index contributed by atoms with van der Waals surface area (Å²) in [5, 5.41) is 21.0. The molecular formula is C26H28N8O. The van der Waals surface area contributed by atoms with Crippen LogP contribution in [0.3, 0.4) is 0 Å². The molecule has 1 heterocycles. The molecule has 35 heavy (non-hydrogen) atoms. The maximum atomic E-state index is 10.4. The molecule has 0 amide bonds. The highest BCUT2D eigenvalue weighted by Gasteiger charge is 2.08. The third-order valence-corrected chi connectivity index (χ3v) is 5.21. The molecule has 9 nitrogen and oxygen atoms in total. The van der Waals surface area contributed by atoms with E-state index in [0.717, 1.165) is 30.2 Å². The first-order chi connectivity index (χ1) is 17.1. The Hall–Kier alpha value is -4.66. The van der Waals surface area contributed by atoms with Crippen molar-refractivity contribution >= 4 is 41.1 Å². The van der Waals surface area contributed by atoms with Gasteiger partial charge < -0.3 is 20.6 Å². The maximum absolute atomic E-state index is 10.4. The third-order valence-electron chi connectivity index (χ3n) is 5.21. The van der Waals surface area contributed by atoms with Crippen LogP contribution in [0.25, 0.3) is 0 Å². The predicted octanol–water partition coefficient (Wildman–Crippen LogP) is 5.36. The summed E-state index contributed by atoms with van der Waals surface area (Å²) in [4.78, 5) is 15.5. The Morgan fingerprint density at radius 2 is 1.31 bits per heavy atom. The van der Waals surface area contributed by atoms with Crippen LogP contribution in [0.2, 0.25) is 0 Å². The van der Waals surface area contributed by atoms with E-state index >= 15 is 0 Å². The number of hydrazone groups is 1. The fourth-order valence-corrected chi connectivity index (χ4v) is 3.43. The monoisotopic (exact) mass is 468 g/mol. The maximum Gasteiger partial charge on any atom is 0.250 e. The third kappa shape index (κ3) is 6.44. The van der Waals surface area contributed by atoms with Gasteiger partial charge in [0, 0.05) is 41.8 Å². The van der Waals surface area contributed by atoms with Crippen LogP contribution < -0.4 is 21.0 Å². The average molecular weight is 469 g/mol. The first-order valence-corrected chi connectivity index (χ1v) is 11.4. The second-order valence-corrected chi connectivity index (χ2v) is 7.57. The van der Waals surface area contributed by atoms with Gasteiger partial charge in [0.05, 0.1) is 6.21 Å². The molecule has 0 aliphatic heterocycles. The van der Waals surface area contributed by atoms with Gasteiger partial charge in [-0.3, -0.25) is 0 Å². The van der Waals surface area contributed by atoms with Crippen molar-refractivity contribution < 1.29 is 5.11 Å². The van der Waals surface area contributed by atoms with Crippen LogP contribution in [0, 0.1) is 0 Å². The van der Waals surface area contributed by atoms with Crippen molar-refractivity contribution in [2.45, 2.75) is 13.8 Å². The Morgan fingerprint density at radius 3 is 1.83 bits per heavy atom. The summed E-state index contributed by atoms with van der Waals surface area (Å²) in [7, 11) is 0. The second-order valence-electron chi connectivity index (χ2n) is 7.57. The van der Waals surface area contributed by atoms with Gasteiger partial charge in [-0.25, -0.2) is 5.43 Å². The molecule has 0 aliphatic rings. The van der Waals surface area contributed by atoms with Gasteiger partial charge in [-0.1, -0.05) is 36.4 Å². The minimum absolute atomic E-state index is 0.147. The first kappa shape index (κ1) is 23.5. The number of hydrogen-bond donors (Lipinski definition) is 4. The summed E-state index contributed by atoms with van der Waals surface area (Å²) >= 11 is 0. The molecule has 0 unspecified atom stereocenters. The predicted molar refractivity (Wildman–Crippen MR) is 142 cm³/mol. The lowest BCUT2D eigenvalue weighted by Gasteiger charge is -2.21. The molecule has 0 saturated carbocycles. The Balaban J connectivity index is 1.54. The van der Waals surface area contributed by atoms with Crippen molar-refractivity contribution in [3.05, 3.63) is 84.4 Å². The molecule has 0 aliphatic carbocycles. The Labute approximate surface area is 204 Å². The zero-order valence-corrected chi connectivity index (χ0v) is 19.7. The quantitative estimate of drug-likeness (QED) is 0.182. The summed E-state index contributed by atoms with van der Waals surface area (Å²) in [6, 6.07) is 24.8. The van der Waals surface area contributed by atoms with Crippen LogP contribution in [0.1, 0.15) is 19.4 Å². The van der Waals surface area contributed by atoms with Crippen LogP contribution in [-0.4, -0.2) is 39.4 Å². The van der Waals surface area contributed by atoms with E-state index in [4.69, 9.17) is 0 Å². The van der Waals surface area contributed by atoms with E-state index < -0.39 is 0 Å². The van der Waals surface area contributed by atoms with E-state index in [1.807, 2.05) is 72.8 Å². The van der Waals surface area contributed by atoms with Crippen molar-refractivity contribution in [3.8, 4) is 5.75 Å². The van der Waals surface area contributed by atoms with Crippen molar-refractivity contribution in [3.63, 3.8) is 0 Å². The summed E-state index contributed by atoms with van der Waals surface area (Å²) in [5.74, 6) is 1.10. The number of phenolic OH excluding ortho intramolecular Hbond substituents is 1. The summed E-state index contributed by atoms with van der Waals surface area (Å²) in [5.41, 5.74) is 6.07. The fraction of sp³-hybridized carbons (Fsp3) is 0.154. The number of rotatable bonds is 10. The largest absolute Gasteiger partial charge is 0.507 e. The SMILES string of the molecule is CCN(CC)c1ccc(C=NNc2nc(Nc3ccccc3)nc(Nc3ccccc3)n2)c(O)c1. The van der Waals surface area contributed by atoms with Crippen molar-refractivity contribution in [1.29, 1.82) is 0 Å². The molecule has 1 aromatic heterocycles. The standard InChI is InChI=1S/C26H28N8O/c1-3-34(4-2)22-16-15-19(23(35)17-22)18-27-33-26-31-24(28-20-11-7-5-8-12-20)30-25(32-26)29-21-13-9-6-10-14-21/h5-18,35H,3-4H2,1-2H3,(H3,28,29,30,31,32,33). The van der Waals surface area contributed by atoms with Gasteiger partial charge in [0.2, 0.25) is 17.8 Å². The summed E-state index contributed by atoms with van der Waals surface area (Å²) < 4.78 is 0. The number of para-hydroxylation sites is 2. The second kappa shape index (κ2) is 11.5. The smallest absolute Gasteiger partial charge is 0.250 e. The van der Waals surface area contributed by atoms with Crippen LogP contribution in [-0.2, 0) is 0 Å². The van der Waals surface area contributed by atoms with Gasteiger partial charge in [-0.2, -0.15) is 20.1 Å². The highest BCUT2D eigenvalue weighted by Crippen LogP contribution is 2.24. The number of aromatic hydroxyl groups is 1. The fourth-order valence-electron chi connectivity index (χ4n) is 3.43. The number of phenols is 1. The minimum atomic E-state index is 0.147. The van der Waals surface area contributed by atoms with Crippen LogP contribution in [0.5, 0.6) is 5.75 Å². The number of nitrogens with one attached hydrogen (secondary N) is 3. The zero-order valence-electron chi connectivity index (χ0n) is 19.7. The number of hydrogen-bond acceptors (Lipinski definition) is 9. The topological polar surface area (TPSA) is 111 Å². The minimum Gasteiger partial charge on any atom is -0.507 e. The van der Waals surface area contributed by atoms with E-state index in [9.17, 15) is 5.11 Å². The first-order valence-electron chi connectivity index (χ1n) is 11.4. The molecule has 0 saturated heterocycles. The molecule has 0 fully saturated rings. The van der Waals surface area contributed by atoms with Crippen molar-refractivity contribution in [2.75, 3.05) is 34.0 Å². The molecular weight excluding hydrogens is 440 g/mol. The van der Waals surface area contributed by atoms with Crippen molar-refractivity contribution in [2.24, 2.45) is 5.10 Å². The molecule has 4 N–H and O–H groups in total. The average Bonchev–Trinajstić information content (AvgIpc) is 2.87. The van der Waals surface area contributed by atoms with Gasteiger partial charge >= 0.3 is 0 Å². The normalized spacial score (nSPS) is 10.8. The van der Waals surface area contributed by atoms with Gasteiger partial charge in [0.1, 0.15) is 5.75 Å². The molecule has 9 heteroatoms. The van der Waals surface area contributed by atoms with Gasteiger partial charge in [0.15, 0.2) is 0 Å². The van der Waals surface area contributed by atoms with E-state index in [0.29, 0.717) is 17.5 Å². The number of benzene rings is 3. The lowest BCUT2D eigenvalue weighted by atomic mass is 10.2. The molecule has 4 aromatic rings. The van der Waals surface area contributed by atoms with Crippen LogP contribution in [0.4, 0.5) is 34.9 Å². The highest BCUT2D eigenvalue weighted by atomic mass is 16.3. The Morgan fingerprint density at radius 1 is 0.771 bits per heavy atom. The lowest BCUT2D eigenvalue weighted by Crippen LogP contribution is -2.21. The highest BCUT2D eigenvalue weighted by molar-refractivity contribution is 5.85. The molecule has 0 atom stereocenters. The van der Waals surface area contributed by atoms with Gasteiger partial charge in [-0.15, -0.1) is 0 Å². The summed E-state index contributed by atoms with van der Waals surface area (Å²) in [6.07, 6.45) is 1.53. The molecule has 0 spiro atoms. The van der Waals surface area contributed by atoms with Crippen molar-refractivity contribution in [1.82, 2.24) is 15.0 Å². The van der Waals surface area contributed by atoms with Gasteiger partial charge in [0.25, 0.3) is 0 Å². The molecule has 4 rings (SSSR count). The molecule has 178 valence electrons. The molecule has 3 aromatic carbocycles. The number of aromatic nitrogens is 3. The van der Waals surface area contributed by atoms with E-state index in [2.05, 4.69) is 54.9 Å². The van der Waals surface area contributed by atoms with E-state index in [1.165, 1.54) is 6.21 Å². The number of nitrogens with zero attached hydrogens (tertiary/aromatic N) is 5. The summed E-state index contributed by atoms with van der Waals surface area (Å²) in [6.45, 7) is 5.89. The molecule has 0 radical (unpaired) electrons. The number of anilines is 6. The van der Waals surface area contributed by atoms with Crippen LogP contribution in [0.15, 0.2) is 84.0 Å². The molecule has 0 bridgehead atoms. The Kier molecular flexibility index (Phi) is 7.70. The van der Waals surface area contributed by atoms with E-state index in [1.54, 1.807) is 6.07 Å². The van der Waals surface area contributed by atoms with Crippen LogP contribution >= 0.6 is 0 Å². The Bertz CT molecular complexity index is 1200. The van der Waals surface area contributed by atoms with Gasteiger partial charge in [-0.05, 0) is 50.2 Å².